The first-order valence-corrected chi connectivity index (χ1v) is 16.0. The molecule has 3 heterocycles. The normalized spacial score (nSPS) is 25.4. The van der Waals surface area contributed by atoms with E-state index in [0.29, 0.717) is 25.8 Å². The molecule has 1 amide bonds. The largest absolute Gasteiger partial charge is 0.396 e. The van der Waals surface area contributed by atoms with Crippen molar-refractivity contribution in [3.8, 4) is 0 Å². The van der Waals surface area contributed by atoms with Crippen LogP contribution in [-0.4, -0.2) is 59.8 Å². The zero-order valence-corrected chi connectivity index (χ0v) is 22.2. The number of amides is 1. The van der Waals surface area contributed by atoms with Crippen LogP contribution in [0.1, 0.15) is 50.3 Å². The molecule has 35 heavy (non-hydrogen) atoms. The topological polar surface area (TPSA) is 80.5 Å². The lowest BCUT2D eigenvalue weighted by Gasteiger charge is -2.28. The van der Waals surface area contributed by atoms with Crippen LogP contribution in [0.3, 0.4) is 0 Å². The molecule has 0 radical (unpaired) electrons. The lowest BCUT2D eigenvalue weighted by atomic mass is 9.95. The van der Waals surface area contributed by atoms with Gasteiger partial charge in [-0.1, -0.05) is 24.3 Å². The highest BCUT2D eigenvalue weighted by atomic mass is 28.4. The number of ether oxygens (including phenoxy) is 1. The van der Waals surface area contributed by atoms with Crippen LogP contribution in [0.25, 0.3) is 0 Å². The number of hydrogen-bond donors (Lipinski definition) is 1. The average Bonchev–Trinajstić information content (AvgIpc) is 3.40. The minimum absolute atomic E-state index is 0.00787. The molecule has 0 spiro atoms. The number of benzene rings is 1. The van der Waals surface area contributed by atoms with Gasteiger partial charge in [-0.05, 0) is 68.8 Å². The number of piperidine rings is 1. The third-order valence-electron chi connectivity index (χ3n) is 7.56. The summed E-state index contributed by atoms with van der Waals surface area (Å²) in [6, 6.07) is 8.27. The van der Waals surface area contributed by atoms with Crippen LogP contribution in [-0.2, 0) is 28.9 Å². The molecular weight excluding hydrogens is 463 g/mol. The smallest absolute Gasteiger partial charge is 0.246 e. The van der Waals surface area contributed by atoms with Gasteiger partial charge in [-0.25, -0.2) is 0 Å². The minimum atomic E-state index is -2.93. The maximum atomic E-state index is 15.4. The summed E-state index contributed by atoms with van der Waals surface area (Å²) < 4.78 is 23.7. The molecule has 4 rings (SSSR count). The van der Waals surface area contributed by atoms with Gasteiger partial charge in [-0.15, -0.1) is 5.10 Å². The molecule has 2 aromatic rings. The van der Waals surface area contributed by atoms with Crippen LogP contribution >= 0.6 is 0 Å². The fourth-order valence-electron chi connectivity index (χ4n) is 5.85. The number of aliphatic hydroxyl groups excluding tert-OH is 1. The quantitative estimate of drug-likeness (QED) is 0.387. The zero-order chi connectivity index (χ0) is 25.0. The van der Waals surface area contributed by atoms with Gasteiger partial charge < -0.3 is 18.9 Å². The Labute approximate surface area is 208 Å². The summed E-state index contributed by atoms with van der Waals surface area (Å²) in [5.41, 5.74) is 2.86. The van der Waals surface area contributed by atoms with Crippen LogP contribution in [0.15, 0.2) is 30.5 Å². The van der Waals surface area contributed by atoms with E-state index in [-0.39, 0.29) is 36.2 Å². The molecule has 7 nitrogen and oxygen atoms in total. The SMILES string of the molecule is C[C@@H]1[C@@H]([Si](C)(C)F)[C@H](CCn2cc(CCO)nn2)O[C@@H]1CCc1cccc(N2CCCCC2=O)c1. The Balaban J connectivity index is 1.38. The van der Waals surface area contributed by atoms with Crippen LogP contribution in [0.5, 0.6) is 0 Å². The number of carbonyl (C=O) groups excluding carboxylic acids is 1. The molecule has 2 aliphatic rings. The summed E-state index contributed by atoms with van der Waals surface area (Å²) in [5, 5.41) is 17.3. The van der Waals surface area contributed by atoms with E-state index in [1.807, 2.05) is 23.2 Å². The second kappa shape index (κ2) is 11.3. The van der Waals surface area contributed by atoms with Gasteiger partial charge in [0.2, 0.25) is 14.3 Å². The zero-order valence-electron chi connectivity index (χ0n) is 21.2. The first-order valence-electron chi connectivity index (χ1n) is 13.0. The Kier molecular flexibility index (Phi) is 8.39. The van der Waals surface area contributed by atoms with Crippen molar-refractivity contribution in [2.24, 2.45) is 5.92 Å². The molecule has 4 atom stereocenters. The number of rotatable bonds is 10. The van der Waals surface area contributed by atoms with Crippen molar-refractivity contribution in [3.63, 3.8) is 0 Å². The summed E-state index contributed by atoms with van der Waals surface area (Å²) in [6.07, 6.45) is 7.22. The Morgan fingerprint density at radius 2 is 2.03 bits per heavy atom. The van der Waals surface area contributed by atoms with Gasteiger partial charge in [0.1, 0.15) is 0 Å². The van der Waals surface area contributed by atoms with Crippen molar-refractivity contribution in [3.05, 3.63) is 41.7 Å². The molecule has 2 saturated heterocycles. The maximum Gasteiger partial charge on any atom is 0.246 e. The van der Waals surface area contributed by atoms with Gasteiger partial charge in [0.15, 0.2) is 0 Å². The van der Waals surface area contributed by atoms with Gasteiger partial charge >= 0.3 is 0 Å². The Bertz CT molecular complexity index is 995. The van der Waals surface area contributed by atoms with E-state index in [4.69, 9.17) is 9.84 Å². The highest BCUT2D eigenvalue weighted by Gasteiger charge is 2.50. The van der Waals surface area contributed by atoms with Gasteiger partial charge in [0.25, 0.3) is 0 Å². The summed E-state index contributed by atoms with van der Waals surface area (Å²) in [7, 11) is -2.93. The summed E-state index contributed by atoms with van der Waals surface area (Å²) in [6.45, 7) is 7.18. The molecule has 0 bridgehead atoms. The van der Waals surface area contributed by atoms with Gasteiger partial charge in [-0.2, -0.15) is 0 Å². The molecule has 0 aliphatic carbocycles. The van der Waals surface area contributed by atoms with Crippen molar-refractivity contribution < 1.29 is 18.7 Å². The van der Waals surface area contributed by atoms with Gasteiger partial charge in [0.05, 0.1) is 17.9 Å². The van der Waals surface area contributed by atoms with Crippen molar-refractivity contribution in [2.45, 2.75) is 89.3 Å². The number of aliphatic hydroxyl groups is 1. The Hall–Kier alpha value is -2.10. The van der Waals surface area contributed by atoms with E-state index in [0.717, 1.165) is 43.6 Å². The molecule has 2 fully saturated rings. The molecule has 0 saturated carbocycles. The Morgan fingerprint density at radius 3 is 2.77 bits per heavy atom. The highest BCUT2D eigenvalue weighted by Crippen LogP contribution is 2.47. The van der Waals surface area contributed by atoms with E-state index in [2.05, 4.69) is 29.4 Å². The predicted octanol–water partition coefficient (Wildman–Crippen LogP) is 4.30. The molecular formula is C26H39FN4O3Si. The average molecular weight is 503 g/mol. The number of halogens is 1. The second-order valence-corrected chi connectivity index (χ2v) is 14.4. The molecule has 1 N–H and O–H groups in total. The fourth-order valence-corrected chi connectivity index (χ4v) is 8.45. The van der Waals surface area contributed by atoms with E-state index in [1.165, 1.54) is 5.56 Å². The molecule has 0 unspecified atom stereocenters. The predicted molar refractivity (Wildman–Crippen MR) is 137 cm³/mol. The van der Waals surface area contributed by atoms with Crippen molar-refractivity contribution in [1.29, 1.82) is 0 Å². The molecule has 1 aromatic heterocycles. The molecule has 192 valence electrons. The first-order chi connectivity index (χ1) is 16.8. The summed E-state index contributed by atoms with van der Waals surface area (Å²) in [5.74, 6) is 0.358. The highest BCUT2D eigenvalue weighted by molar-refractivity contribution is 6.72. The van der Waals surface area contributed by atoms with E-state index in [1.54, 1.807) is 17.8 Å². The van der Waals surface area contributed by atoms with Crippen LogP contribution in [0, 0.1) is 5.92 Å². The van der Waals surface area contributed by atoms with Crippen LogP contribution in [0.2, 0.25) is 18.6 Å². The van der Waals surface area contributed by atoms with Crippen LogP contribution in [0.4, 0.5) is 9.80 Å². The lowest BCUT2D eigenvalue weighted by Crippen LogP contribution is -2.36. The van der Waals surface area contributed by atoms with E-state index in [9.17, 15) is 4.79 Å². The third-order valence-corrected chi connectivity index (χ3v) is 10.0. The molecule has 2 aliphatic heterocycles. The fraction of sp³-hybridized carbons (Fsp3) is 0.654. The van der Waals surface area contributed by atoms with Crippen molar-refractivity contribution >= 4 is 20.0 Å². The second-order valence-electron chi connectivity index (χ2n) is 10.6. The minimum Gasteiger partial charge on any atom is -0.396 e. The van der Waals surface area contributed by atoms with E-state index < -0.39 is 8.41 Å². The van der Waals surface area contributed by atoms with Crippen molar-refractivity contribution in [2.75, 3.05) is 18.1 Å². The van der Waals surface area contributed by atoms with Gasteiger partial charge in [-0.3, -0.25) is 9.48 Å². The number of aryl methyl sites for hydroxylation is 2. The summed E-state index contributed by atoms with van der Waals surface area (Å²) >= 11 is 0. The number of anilines is 1. The number of aromatic nitrogens is 3. The first kappa shape index (κ1) is 26.0. The number of hydrogen-bond acceptors (Lipinski definition) is 5. The lowest BCUT2D eigenvalue weighted by molar-refractivity contribution is -0.119. The van der Waals surface area contributed by atoms with Gasteiger partial charge in [0, 0.05) is 50.0 Å². The van der Waals surface area contributed by atoms with E-state index >= 15 is 4.11 Å². The third kappa shape index (κ3) is 6.37. The summed E-state index contributed by atoms with van der Waals surface area (Å²) in [4.78, 5) is 14.2. The Morgan fingerprint density at radius 1 is 1.20 bits per heavy atom. The van der Waals surface area contributed by atoms with Crippen LogP contribution < -0.4 is 4.90 Å². The molecule has 1 aromatic carbocycles. The standard InChI is InChI=1S/C26H39FN4O3Si/c1-19-23(11-10-20-7-6-8-22(17-20)31-14-5-4-9-25(31)33)34-24(26(19)35(2,3)27)12-15-30-18-21(13-16-32)28-29-30/h6-8,17-19,23-24,26,32H,4-5,9-16H2,1-3H3/t19-,23+,24-,26+/m0/s1. The monoisotopic (exact) mass is 502 g/mol. The van der Waals surface area contributed by atoms with Crippen molar-refractivity contribution in [1.82, 2.24) is 15.0 Å². The number of carbonyl (C=O) groups is 1. The number of nitrogens with zero attached hydrogens (tertiary/aromatic N) is 4. The maximum absolute atomic E-state index is 15.4. The molecule has 9 heteroatoms.